The molecule has 1 aliphatic rings. The Morgan fingerprint density at radius 1 is 0.941 bits per heavy atom. The van der Waals surface area contributed by atoms with E-state index in [9.17, 15) is 9.59 Å². The molecular weight excluding hydrogens is 422 g/mol. The Kier molecular flexibility index (Phi) is 6.26. The number of rotatable bonds is 5. The number of piperidine rings is 1. The van der Waals surface area contributed by atoms with Crippen molar-refractivity contribution in [3.8, 4) is 0 Å². The Labute approximate surface area is 199 Å². The summed E-state index contributed by atoms with van der Waals surface area (Å²) in [6, 6.07) is 24.1. The van der Waals surface area contributed by atoms with Gasteiger partial charge in [-0.3, -0.25) is 14.2 Å². The number of carbonyl (C=O) groups is 1. The molecule has 5 heteroatoms. The number of benzene rings is 2. The van der Waals surface area contributed by atoms with E-state index in [1.165, 1.54) is 11.1 Å². The highest BCUT2D eigenvalue weighted by atomic mass is 16.2. The van der Waals surface area contributed by atoms with Gasteiger partial charge in [-0.15, -0.1) is 0 Å². The molecule has 0 unspecified atom stereocenters. The van der Waals surface area contributed by atoms with Gasteiger partial charge in [0.25, 0.3) is 11.5 Å². The molecule has 5 rings (SSSR count). The minimum absolute atomic E-state index is 0.174. The van der Waals surface area contributed by atoms with Crippen molar-refractivity contribution in [3.63, 3.8) is 0 Å². The SMILES string of the molecule is Cc1ccc(Cn2c(=O)c(C(=O)N3CCC(Cc4ccccc4)CC3)cc3cccnc32)cc1. The fraction of sp³-hybridized carbons (Fsp3) is 0.276. The van der Waals surface area contributed by atoms with Gasteiger partial charge in [-0.2, -0.15) is 0 Å². The Bertz CT molecular complexity index is 1350. The number of aromatic nitrogens is 2. The Balaban J connectivity index is 1.39. The van der Waals surface area contributed by atoms with Gasteiger partial charge in [0, 0.05) is 24.7 Å². The Morgan fingerprint density at radius 2 is 1.68 bits per heavy atom. The molecule has 34 heavy (non-hydrogen) atoms. The molecule has 0 aliphatic carbocycles. The monoisotopic (exact) mass is 451 g/mol. The molecule has 0 radical (unpaired) electrons. The number of likely N-dealkylation sites (tertiary alicyclic amines) is 1. The third-order valence-electron chi connectivity index (χ3n) is 6.81. The van der Waals surface area contributed by atoms with E-state index < -0.39 is 0 Å². The normalized spacial score (nSPS) is 14.4. The van der Waals surface area contributed by atoms with Gasteiger partial charge in [-0.05, 0) is 61.4 Å². The van der Waals surface area contributed by atoms with Crippen molar-refractivity contribution in [1.82, 2.24) is 14.5 Å². The largest absolute Gasteiger partial charge is 0.338 e. The van der Waals surface area contributed by atoms with Crippen LogP contribution in [0.2, 0.25) is 0 Å². The maximum Gasteiger partial charge on any atom is 0.265 e. The van der Waals surface area contributed by atoms with Crippen molar-refractivity contribution in [2.45, 2.75) is 32.7 Å². The van der Waals surface area contributed by atoms with Crippen LogP contribution in [0.3, 0.4) is 0 Å². The van der Waals surface area contributed by atoms with E-state index in [1.54, 1.807) is 16.8 Å². The molecule has 4 aromatic rings. The van der Waals surface area contributed by atoms with Crippen LogP contribution in [0.15, 0.2) is 83.8 Å². The molecule has 0 saturated carbocycles. The summed E-state index contributed by atoms with van der Waals surface area (Å²) in [6.45, 7) is 3.78. The lowest BCUT2D eigenvalue weighted by atomic mass is 9.90. The summed E-state index contributed by atoms with van der Waals surface area (Å²) < 4.78 is 1.63. The van der Waals surface area contributed by atoms with Gasteiger partial charge in [-0.25, -0.2) is 4.98 Å². The van der Waals surface area contributed by atoms with Gasteiger partial charge in [0.05, 0.1) is 6.54 Å². The number of fused-ring (bicyclic) bond motifs is 1. The number of amides is 1. The van der Waals surface area contributed by atoms with E-state index in [4.69, 9.17) is 0 Å². The third kappa shape index (κ3) is 4.65. The summed E-state index contributed by atoms with van der Waals surface area (Å²) in [5.74, 6) is 0.386. The second kappa shape index (κ2) is 9.64. The van der Waals surface area contributed by atoms with E-state index in [0.29, 0.717) is 31.2 Å². The second-order valence-corrected chi connectivity index (χ2v) is 9.28. The summed E-state index contributed by atoms with van der Waals surface area (Å²) in [7, 11) is 0. The number of hydrogen-bond donors (Lipinski definition) is 0. The maximum atomic E-state index is 13.5. The molecule has 5 nitrogen and oxygen atoms in total. The van der Waals surface area contributed by atoms with Crippen LogP contribution in [-0.2, 0) is 13.0 Å². The van der Waals surface area contributed by atoms with Crippen molar-refractivity contribution in [1.29, 1.82) is 0 Å². The summed E-state index contributed by atoms with van der Waals surface area (Å²) in [5, 5.41) is 0.802. The molecule has 0 atom stereocenters. The van der Waals surface area contributed by atoms with Crippen molar-refractivity contribution in [3.05, 3.63) is 112 Å². The zero-order valence-corrected chi connectivity index (χ0v) is 19.5. The lowest BCUT2D eigenvalue weighted by Crippen LogP contribution is -2.42. The van der Waals surface area contributed by atoms with Gasteiger partial charge in [0.1, 0.15) is 11.2 Å². The molecule has 1 amide bonds. The van der Waals surface area contributed by atoms with Crippen molar-refractivity contribution < 1.29 is 4.79 Å². The summed E-state index contributed by atoms with van der Waals surface area (Å²) in [6.07, 6.45) is 4.63. The zero-order valence-electron chi connectivity index (χ0n) is 19.5. The Hall–Kier alpha value is -3.73. The van der Waals surface area contributed by atoms with Crippen LogP contribution in [0.5, 0.6) is 0 Å². The summed E-state index contributed by atoms with van der Waals surface area (Å²) in [5.41, 5.74) is 4.07. The van der Waals surface area contributed by atoms with E-state index >= 15 is 0 Å². The van der Waals surface area contributed by atoms with Gasteiger partial charge < -0.3 is 4.90 Å². The molecule has 0 bridgehead atoms. The maximum absolute atomic E-state index is 13.5. The molecule has 3 heterocycles. The van der Waals surface area contributed by atoms with Crippen LogP contribution in [0.4, 0.5) is 0 Å². The van der Waals surface area contributed by atoms with Crippen molar-refractivity contribution >= 4 is 16.9 Å². The summed E-state index contributed by atoms with van der Waals surface area (Å²) >= 11 is 0. The fourth-order valence-electron chi connectivity index (χ4n) is 4.84. The molecule has 2 aromatic carbocycles. The van der Waals surface area contributed by atoms with Crippen molar-refractivity contribution in [2.24, 2.45) is 5.92 Å². The zero-order chi connectivity index (χ0) is 23.5. The molecule has 2 aromatic heterocycles. The average Bonchev–Trinajstić information content (AvgIpc) is 2.87. The van der Waals surface area contributed by atoms with E-state index in [1.807, 2.05) is 54.3 Å². The number of carbonyl (C=O) groups excluding carboxylic acids is 1. The first-order chi connectivity index (χ1) is 16.6. The standard InChI is InChI=1S/C29H29N3O2/c1-21-9-11-24(12-10-21)20-32-27-25(8-5-15-30-27)19-26(29(32)34)28(33)31-16-13-23(14-17-31)18-22-6-3-2-4-7-22/h2-12,15,19,23H,13-14,16-18,20H2,1H3. The molecule has 1 aliphatic heterocycles. The van der Waals surface area contributed by atoms with E-state index in [-0.39, 0.29) is 17.0 Å². The average molecular weight is 452 g/mol. The minimum atomic E-state index is -0.275. The predicted molar refractivity (Wildman–Crippen MR) is 135 cm³/mol. The third-order valence-corrected chi connectivity index (χ3v) is 6.81. The number of pyridine rings is 2. The topological polar surface area (TPSA) is 55.2 Å². The number of aryl methyl sites for hydroxylation is 1. The molecule has 172 valence electrons. The highest BCUT2D eigenvalue weighted by Gasteiger charge is 2.26. The van der Waals surface area contributed by atoms with Crippen LogP contribution in [0.25, 0.3) is 11.0 Å². The first-order valence-electron chi connectivity index (χ1n) is 12.0. The molecule has 0 N–H and O–H groups in total. The van der Waals surface area contributed by atoms with Gasteiger partial charge in [-0.1, -0.05) is 60.2 Å². The first-order valence-corrected chi connectivity index (χ1v) is 12.0. The summed E-state index contributed by atoms with van der Waals surface area (Å²) in [4.78, 5) is 33.3. The number of nitrogens with zero attached hydrogens (tertiary/aromatic N) is 3. The molecular formula is C29H29N3O2. The van der Waals surface area contributed by atoms with E-state index in [2.05, 4.69) is 29.2 Å². The van der Waals surface area contributed by atoms with Gasteiger partial charge in [0.15, 0.2) is 0 Å². The lowest BCUT2D eigenvalue weighted by Gasteiger charge is -2.32. The Morgan fingerprint density at radius 3 is 2.41 bits per heavy atom. The highest BCUT2D eigenvalue weighted by molar-refractivity contribution is 5.97. The van der Waals surface area contributed by atoms with Crippen LogP contribution in [0.1, 0.15) is 39.9 Å². The van der Waals surface area contributed by atoms with Gasteiger partial charge in [0.2, 0.25) is 0 Å². The number of hydrogen-bond acceptors (Lipinski definition) is 3. The molecule has 0 spiro atoms. The molecule has 1 saturated heterocycles. The highest BCUT2D eigenvalue weighted by Crippen LogP contribution is 2.23. The second-order valence-electron chi connectivity index (χ2n) is 9.28. The quantitative estimate of drug-likeness (QED) is 0.436. The van der Waals surface area contributed by atoms with Crippen LogP contribution >= 0.6 is 0 Å². The van der Waals surface area contributed by atoms with E-state index in [0.717, 1.165) is 30.2 Å². The van der Waals surface area contributed by atoms with Crippen LogP contribution in [-0.4, -0.2) is 33.4 Å². The van der Waals surface area contributed by atoms with Crippen molar-refractivity contribution in [2.75, 3.05) is 13.1 Å². The minimum Gasteiger partial charge on any atom is -0.338 e. The lowest BCUT2D eigenvalue weighted by molar-refractivity contribution is 0.0688. The predicted octanol–water partition coefficient (Wildman–Crippen LogP) is 4.85. The fourth-order valence-corrected chi connectivity index (χ4v) is 4.84. The van der Waals surface area contributed by atoms with Crippen LogP contribution in [0, 0.1) is 12.8 Å². The molecule has 1 fully saturated rings. The van der Waals surface area contributed by atoms with Gasteiger partial charge >= 0.3 is 0 Å². The van der Waals surface area contributed by atoms with Crippen LogP contribution < -0.4 is 5.56 Å². The first kappa shape index (κ1) is 22.1. The smallest absolute Gasteiger partial charge is 0.265 e.